The van der Waals surface area contributed by atoms with E-state index in [1.54, 1.807) is 12.1 Å². The lowest BCUT2D eigenvalue weighted by Gasteiger charge is -2.20. The molecule has 0 bridgehead atoms. The van der Waals surface area contributed by atoms with Gasteiger partial charge >= 0.3 is 5.97 Å². The van der Waals surface area contributed by atoms with Crippen molar-refractivity contribution in [2.75, 3.05) is 0 Å². The fourth-order valence-corrected chi connectivity index (χ4v) is 5.20. The predicted molar refractivity (Wildman–Crippen MR) is 127 cm³/mol. The van der Waals surface area contributed by atoms with Crippen LogP contribution in [0.15, 0.2) is 54.6 Å². The summed E-state index contributed by atoms with van der Waals surface area (Å²) in [7, 11) is 0. The summed E-state index contributed by atoms with van der Waals surface area (Å²) >= 11 is 1.20. The minimum absolute atomic E-state index is 0.0230. The maximum Gasteiger partial charge on any atom is 0.349 e. The Hall–Kier alpha value is -3.32. The number of nitrogens with zero attached hydrogens (tertiary/aromatic N) is 1. The third-order valence-electron chi connectivity index (χ3n) is 6.01. The fraction of sp³-hybridized carbons (Fsp3) is 0.269. The van der Waals surface area contributed by atoms with Crippen molar-refractivity contribution >= 4 is 44.3 Å². The minimum Gasteiger partial charge on any atom is -0.443 e. The number of rotatable bonds is 5. The lowest BCUT2D eigenvalue weighted by Crippen LogP contribution is -2.38. The van der Waals surface area contributed by atoms with Gasteiger partial charge < -0.3 is 10.1 Å². The van der Waals surface area contributed by atoms with E-state index >= 15 is 0 Å². The maximum atomic E-state index is 14.5. The predicted octanol–water partition coefficient (Wildman–Crippen LogP) is 5.85. The highest BCUT2D eigenvalue weighted by Crippen LogP contribution is 2.30. The molecular weight excluding hydrogens is 439 g/mol. The van der Waals surface area contributed by atoms with Crippen LogP contribution >= 0.6 is 11.3 Å². The largest absolute Gasteiger partial charge is 0.443 e. The van der Waals surface area contributed by atoms with Gasteiger partial charge in [-0.3, -0.25) is 4.79 Å². The number of benzene rings is 2. The molecule has 33 heavy (non-hydrogen) atoms. The number of thiophene rings is 1. The molecule has 5 nitrogen and oxygen atoms in total. The van der Waals surface area contributed by atoms with E-state index in [2.05, 4.69) is 10.3 Å². The number of fused-ring (bicyclic) bond motifs is 2. The van der Waals surface area contributed by atoms with Gasteiger partial charge in [-0.15, -0.1) is 11.3 Å². The monoisotopic (exact) mass is 462 g/mol. The van der Waals surface area contributed by atoms with Crippen LogP contribution in [-0.2, 0) is 9.53 Å². The number of nitrogens with one attached hydrogen (secondary N) is 1. The van der Waals surface area contributed by atoms with Crippen LogP contribution in [0.3, 0.4) is 0 Å². The summed E-state index contributed by atoms with van der Waals surface area (Å²) in [6.07, 6.45) is 2.46. The van der Waals surface area contributed by atoms with Gasteiger partial charge in [0.15, 0.2) is 0 Å². The normalized spacial score (nSPS) is 15.1. The standard InChI is InChI=1S/C26H23FN2O3S/c1-15-10-11-16-13-17-14-22(33-25(17)29-21(16)12-15)26(31)32-23(19-8-4-5-9-20(19)27)24(30)28-18-6-2-3-7-18/h4-5,8-14,18,23H,2-3,6-7H2,1H3,(H,28,30). The van der Waals surface area contributed by atoms with Crippen molar-refractivity contribution in [2.45, 2.75) is 44.8 Å². The van der Waals surface area contributed by atoms with Crippen LogP contribution in [0, 0.1) is 12.7 Å². The number of hydrogen-bond acceptors (Lipinski definition) is 5. The second-order valence-electron chi connectivity index (χ2n) is 8.49. The van der Waals surface area contributed by atoms with E-state index in [1.807, 2.05) is 31.2 Å². The highest BCUT2D eigenvalue weighted by molar-refractivity contribution is 7.20. The van der Waals surface area contributed by atoms with Crippen molar-refractivity contribution in [1.29, 1.82) is 0 Å². The van der Waals surface area contributed by atoms with Gasteiger partial charge in [0.1, 0.15) is 15.5 Å². The second kappa shape index (κ2) is 8.90. The minimum atomic E-state index is -1.36. The maximum absolute atomic E-state index is 14.5. The smallest absolute Gasteiger partial charge is 0.349 e. The van der Waals surface area contributed by atoms with E-state index in [0.29, 0.717) is 9.71 Å². The molecule has 0 aliphatic heterocycles. The van der Waals surface area contributed by atoms with Crippen molar-refractivity contribution in [1.82, 2.24) is 10.3 Å². The molecule has 4 aromatic rings. The molecule has 1 atom stereocenters. The quantitative estimate of drug-likeness (QED) is 0.378. The number of aromatic nitrogens is 1. The third-order valence-corrected chi connectivity index (χ3v) is 7.04. The lowest BCUT2D eigenvalue weighted by molar-refractivity contribution is -0.131. The summed E-state index contributed by atoms with van der Waals surface area (Å²) in [6.45, 7) is 2.00. The van der Waals surface area contributed by atoms with Crippen LogP contribution in [0.1, 0.15) is 52.6 Å². The topological polar surface area (TPSA) is 68.3 Å². The molecule has 2 aromatic carbocycles. The van der Waals surface area contributed by atoms with E-state index in [-0.39, 0.29) is 11.6 Å². The van der Waals surface area contributed by atoms with Gasteiger partial charge in [-0.25, -0.2) is 14.2 Å². The SMILES string of the molecule is Cc1ccc2cc3cc(C(=O)OC(C(=O)NC4CCCC4)c4ccccc4F)sc3nc2c1. The molecule has 0 spiro atoms. The molecule has 7 heteroatoms. The zero-order chi connectivity index (χ0) is 22.9. The van der Waals surface area contributed by atoms with Crippen LogP contribution in [0.25, 0.3) is 21.1 Å². The van der Waals surface area contributed by atoms with Crippen molar-refractivity contribution in [3.63, 3.8) is 0 Å². The van der Waals surface area contributed by atoms with E-state index in [9.17, 15) is 14.0 Å². The number of aryl methyl sites for hydroxylation is 1. The summed E-state index contributed by atoms with van der Waals surface area (Å²) in [5.41, 5.74) is 2.00. The van der Waals surface area contributed by atoms with Gasteiger partial charge in [0, 0.05) is 22.4 Å². The summed E-state index contributed by atoms with van der Waals surface area (Å²) in [5.74, 6) is -1.76. The number of carbonyl (C=O) groups excluding carboxylic acids is 2. The fourth-order valence-electron chi connectivity index (χ4n) is 4.29. The average molecular weight is 463 g/mol. The first kappa shape index (κ1) is 21.5. The Labute approximate surface area is 194 Å². The Bertz CT molecular complexity index is 1360. The van der Waals surface area contributed by atoms with Crippen LogP contribution in [0.4, 0.5) is 4.39 Å². The Kier molecular flexibility index (Phi) is 5.81. The highest BCUT2D eigenvalue weighted by atomic mass is 32.1. The van der Waals surface area contributed by atoms with Gasteiger partial charge in [0.2, 0.25) is 6.10 Å². The van der Waals surface area contributed by atoms with E-state index < -0.39 is 23.8 Å². The summed E-state index contributed by atoms with van der Waals surface area (Å²) in [4.78, 5) is 31.8. The number of halogens is 1. The lowest BCUT2D eigenvalue weighted by atomic mass is 10.1. The number of carbonyl (C=O) groups is 2. The molecule has 1 N–H and O–H groups in total. The zero-order valence-corrected chi connectivity index (χ0v) is 19.0. The van der Waals surface area contributed by atoms with Gasteiger partial charge in [-0.1, -0.05) is 43.2 Å². The first-order valence-electron chi connectivity index (χ1n) is 11.0. The molecule has 1 aliphatic rings. The van der Waals surface area contributed by atoms with E-state index in [4.69, 9.17) is 4.74 Å². The Morgan fingerprint density at radius 1 is 1.09 bits per heavy atom. The first-order chi connectivity index (χ1) is 16.0. The Morgan fingerprint density at radius 2 is 1.88 bits per heavy atom. The number of ether oxygens (including phenoxy) is 1. The second-order valence-corrected chi connectivity index (χ2v) is 9.52. The molecular formula is C26H23FN2O3S. The van der Waals surface area contributed by atoms with Gasteiger partial charge in [-0.05, 0) is 49.6 Å². The first-order valence-corrected chi connectivity index (χ1v) is 11.9. The zero-order valence-electron chi connectivity index (χ0n) is 18.1. The van der Waals surface area contributed by atoms with Crippen molar-refractivity contribution < 1.29 is 18.7 Å². The summed E-state index contributed by atoms with van der Waals surface area (Å²) in [5, 5.41) is 4.72. The Morgan fingerprint density at radius 3 is 2.67 bits per heavy atom. The molecule has 1 aliphatic carbocycles. The molecule has 1 saturated carbocycles. The van der Waals surface area contributed by atoms with Crippen LogP contribution in [0.5, 0.6) is 0 Å². The number of pyridine rings is 1. The summed E-state index contributed by atoms with van der Waals surface area (Å²) in [6, 6.07) is 15.6. The van der Waals surface area contributed by atoms with Crippen molar-refractivity contribution in [3.8, 4) is 0 Å². The number of hydrogen-bond donors (Lipinski definition) is 1. The molecule has 168 valence electrons. The van der Waals surface area contributed by atoms with Crippen molar-refractivity contribution in [2.24, 2.45) is 0 Å². The van der Waals surface area contributed by atoms with Gasteiger partial charge in [0.25, 0.3) is 5.91 Å². The molecule has 2 aromatic heterocycles. The Balaban J connectivity index is 1.44. The molecule has 1 amide bonds. The molecule has 1 unspecified atom stereocenters. The van der Waals surface area contributed by atoms with Crippen LogP contribution in [-0.4, -0.2) is 22.9 Å². The molecule has 0 radical (unpaired) electrons. The number of esters is 1. The van der Waals surface area contributed by atoms with Gasteiger partial charge in [-0.2, -0.15) is 0 Å². The third kappa shape index (κ3) is 4.46. The summed E-state index contributed by atoms with van der Waals surface area (Å²) < 4.78 is 20.2. The van der Waals surface area contributed by atoms with Gasteiger partial charge in [0.05, 0.1) is 5.52 Å². The highest BCUT2D eigenvalue weighted by Gasteiger charge is 2.31. The van der Waals surface area contributed by atoms with Crippen LogP contribution in [0.2, 0.25) is 0 Å². The molecule has 1 fully saturated rings. The van der Waals surface area contributed by atoms with E-state index in [0.717, 1.165) is 47.5 Å². The van der Waals surface area contributed by atoms with Crippen LogP contribution < -0.4 is 5.32 Å². The van der Waals surface area contributed by atoms with Crippen molar-refractivity contribution in [3.05, 3.63) is 76.4 Å². The van der Waals surface area contributed by atoms with E-state index in [1.165, 1.54) is 29.5 Å². The molecule has 0 saturated heterocycles. The molecule has 2 heterocycles. The average Bonchev–Trinajstić information content (AvgIpc) is 3.45. The number of amides is 1. The molecule has 5 rings (SSSR count).